The first-order chi connectivity index (χ1) is 9.35. The number of hydrogen-bond acceptors (Lipinski definition) is 3. The van der Waals surface area contributed by atoms with E-state index in [1.54, 1.807) is 0 Å². The van der Waals surface area contributed by atoms with Crippen molar-refractivity contribution in [3.05, 3.63) is 40.4 Å². The minimum atomic E-state index is -0.459. The molecule has 106 valence electrons. The first-order valence-electron chi connectivity index (χ1n) is 6.56. The Hall–Kier alpha value is -1.33. The molecule has 0 saturated carbocycles. The zero-order valence-corrected chi connectivity index (χ0v) is 12.2. The van der Waals surface area contributed by atoms with Crippen LogP contribution in [-0.4, -0.2) is 4.98 Å². The van der Waals surface area contributed by atoms with Crippen LogP contribution in [0.1, 0.15) is 36.9 Å². The highest BCUT2D eigenvalue weighted by Gasteiger charge is 2.33. The Morgan fingerprint density at radius 3 is 2.85 bits per heavy atom. The highest BCUT2D eigenvalue weighted by Crippen LogP contribution is 2.44. The molecule has 1 atom stereocenters. The van der Waals surface area contributed by atoms with Gasteiger partial charge in [-0.1, -0.05) is 13.8 Å². The minimum Gasteiger partial charge on any atom is -0.323 e. The predicted molar refractivity (Wildman–Crippen MR) is 76.5 cm³/mol. The fourth-order valence-corrected chi connectivity index (χ4v) is 3.87. The van der Waals surface area contributed by atoms with Crippen LogP contribution in [0.4, 0.5) is 8.78 Å². The van der Waals surface area contributed by atoms with Gasteiger partial charge in [0, 0.05) is 16.5 Å². The van der Waals surface area contributed by atoms with Gasteiger partial charge in [-0.15, -0.1) is 11.3 Å². The van der Waals surface area contributed by atoms with E-state index in [1.165, 1.54) is 17.4 Å². The molecule has 1 aromatic heterocycles. The Bertz CT molecular complexity index is 664. The Morgan fingerprint density at radius 2 is 2.10 bits per heavy atom. The summed E-state index contributed by atoms with van der Waals surface area (Å²) >= 11 is 1.38. The van der Waals surface area contributed by atoms with Crippen LogP contribution in [0, 0.1) is 17.0 Å². The van der Waals surface area contributed by atoms with E-state index in [-0.39, 0.29) is 17.0 Å². The second-order valence-corrected chi connectivity index (χ2v) is 7.14. The van der Waals surface area contributed by atoms with Crippen molar-refractivity contribution in [1.29, 1.82) is 0 Å². The molecular formula is C15H16F2N2S. The van der Waals surface area contributed by atoms with Crippen molar-refractivity contribution in [2.24, 2.45) is 11.1 Å². The molecule has 0 saturated heterocycles. The molecule has 0 radical (unpaired) electrons. The van der Waals surface area contributed by atoms with Crippen LogP contribution in [0.5, 0.6) is 0 Å². The van der Waals surface area contributed by atoms with E-state index in [4.69, 9.17) is 5.73 Å². The lowest BCUT2D eigenvalue weighted by atomic mass is 9.77. The number of aromatic nitrogens is 1. The lowest BCUT2D eigenvalue weighted by Gasteiger charge is -2.32. The predicted octanol–water partition coefficient (Wildman–Crippen LogP) is 4.06. The maximum atomic E-state index is 13.8. The van der Waals surface area contributed by atoms with E-state index >= 15 is 0 Å². The molecule has 3 rings (SSSR count). The first-order valence-corrected chi connectivity index (χ1v) is 7.38. The summed E-state index contributed by atoms with van der Waals surface area (Å²) in [7, 11) is 0. The topological polar surface area (TPSA) is 38.9 Å². The number of benzene rings is 1. The number of thiazole rings is 1. The highest BCUT2D eigenvalue weighted by molar-refractivity contribution is 7.15. The minimum absolute atomic E-state index is 0.0726. The number of halogens is 2. The van der Waals surface area contributed by atoms with Gasteiger partial charge >= 0.3 is 0 Å². The Morgan fingerprint density at radius 1 is 1.35 bits per heavy atom. The molecule has 1 aliphatic carbocycles. The van der Waals surface area contributed by atoms with Crippen LogP contribution < -0.4 is 5.73 Å². The van der Waals surface area contributed by atoms with E-state index in [2.05, 4.69) is 18.8 Å². The number of fused-ring (bicyclic) bond motifs is 1. The third-order valence-corrected chi connectivity index (χ3v) is 4.90. The molecule has 0 aliphatic heterocycles. The number of rotatable bonds is 1. The quantitative estimate of drug-likeness (QED) is 0.861. The summed E-state index contributed by atoms with van der Waals surface area (Å²) < 4.78 is 27.1. The molecule has 0 amide bonds. The summed E-state index contributed by atoms with van der Waals surface area (Å²) in [6, 6.07) is 3.36. The van der Waals surface area contributed by atoms with E-state index in [0.717, 1.165) is 35.5 Å². The molecule has 5 heteroatoms. The maximum Gasteiger partial charge on any atom is 0.133 e. The van der Waals surface area contributed by atoms with Gasteiger partial charge in [-0.25, -0.2) is 13.8 Å². The van der Waals surface area contributed by atoms with Crippen LogP contribution in [0.3, 0.4) is 0 Å². The summed E-state index contributed by atoms with van der Waals surface area (Å²) in [6.45, 7) is 4.30. The second kappa shape index (κ2) is 4.60. The molecule has 2 N–H and O–H groups in total. The lowest BCUT2D eigenvalue weighted by molar-refractivity contribution is 0.282. The monoisotopic (exact) mass is 294 g/mol. The SMILES string of the molecule is CC1(C)Cc2nc(-c3cc(F)ccc3F)sc2C(N)C1. The highest BCUT2D eigenvalue weighted by atomic mass is 32.1. The van der Waals surface area contributed by atoms with Gasteiger partial charge < -0.3 is 5.73 Å². The summed E-state index contributed by atoms with van der Waals surface area (Å²) in [6.07, 6.45) is 1.71. The van der Waals surface area contributed by atoms with Gasteiger partial charge in [-0.05, 0) is 36.5 Å². The molecule has 20 heavy (non-hydrogen) atoms. The van der Waals surface area contributed by atoms with Crippen molar-refractivity contribution < 1.29 is 8.78 Å². The van der Waals surface area contributed by atoms with Crippen molar-refractivity contribution in [3.8, 4) is 10.6 Å². The van der Waals surface area contributed by atoms with Crippen LogP contribution in [0.25, 0.3) is 10.6 Å². The largest absolute Gasteiger partial charge is 0.323 e. The van der Waals surface area contributed by atoms with Crippen LogP contribution in [0.15, 0.2) is 18.2 Å². The third-order valence-electron chi connectivity index (χ3n) is 3.64. The lowest BCUT2D eigenvalue weighted by Crippen LogP contribution is -2.28. The Labute approximate surface area is 120 Å². The smallest absolute Gasteiger partial charge is 0.133 e. The maximum absolute atomic E-state index is 13.8. The second-order valence-electron chi connectivity index (χ2n) is 6.11. The van der Waals surface area contributed by atoms with Gasteiger partial charge in [0.15, 0.2) is 0 Å². The summed E-state index contributed by atoms with van der Waals surface area (Å²) in [4.78, 5) is 5.50. The zero-order valence-electron chi connectivity index (χ0n) is 11.4. The van der Waals surface area contributed by atoms with Crippen molar-refractivity contribution >= 4 is 11.3 Å². The molecular weight excluding hydrogens is 278 g/mol. The molecule has 0 bridgehead atoms. The zero-order chi connectivity index (χ0) is 14.5. The van der Waals surface area contributed by atoms with Crippen molar-refractivity contribution in [3.63, 3.8) is 0 Å². The summed E-state index contributed by atoms with van der Waals surface area (Å²) in [5.41, 5.74) is 7.42. The number of hydrogen-bond donors (Lipinski definition) is 1. The van der Waals surface area contributed by atoms with Gasteiger partial charge in [0.1, 0.15) is 16.6 Å². The van der Waals surface area contributed by atoms with Gasteiger partial charge in [-0.2, -0.15) is 0 Å². The molecule has 2 nitrogen and oxygen atoms in total. The standard InChI is InChI=1S/C15H16F2N2S/c1-15(2)6-11(18)13-12(7-15)19-14(20-13)9-5-8(16)3-4-10(9)17/h3-5,11H,6-7,18H2,1-2H3. The molecule has 1 aliphatic rings. The van der Waals surface area contributed by atoms with Crippen molar-refractivity contribution in [1.82, 2.24) is 4.98 Å². The van der Waals surface area contributed by atoms with Crippen LogP contribution in [0.2, 0.25) is 0 Å². The van der Waals surface area contributed by atoms with Crippen LogP contribution in [-0.2, 0) is 6.42 Å². The summed E-state index contributed by atoms with van der Waals surface area (Å²) in [5, 5.41) is 0.514. The normalized spacial score (nSPS) is 20.8. The van der Waals surface area contributed by atoms with E-state index in [9.17, 15) is 8.78 Å². The fourth-order valence-electron chi connectivity index (χ4n) is 2.77. The van der Waals surface area contributed by atoms with E-state index < -0.39 is 11.6 Å². The number of nitrogens with zero attached hydrogens (tertiary/aromatic N) is 1. The van der Waals surface area contributed by atoms with Gasteiger partial charge in [0.25, 0.3) is 0 Å². The van der Waals surface area contributed by atoms with Gasteiger partial charge in [0.2, 0.25) is 0 Å². The molecule has 0 fully saturated rings. The first kappa shape index (κ1) is 13.6. The van der Waals surface area contributed by atoms with Crippen molar-refractivity contribution in [2.75, 3.05) is 0 Å². The average Bonchev–Trinajstić information content (AvgIpc) is 2.74. The Kier molecular flexibility index (Phi) is 3.14. The molecule has 0 spiro atoms. The fraction of sp³-hybridized carbons (Fsp3) is 0.400. The van der Waals surface area contributed by atoms with Crippen LogP contribution >= 0.6 is 11.3 Å². The van der Waals surface area contributed by atoms with Gasteiger partial charge in [-0.3, -0.25) is 0 Å². The number of nitrogens with two attached hydrogens (primary N) is 1. The molecule has 1 aromatic carbocycles. The molecule has 1 heterocycles. The van der Waals surface area contributed by atoms with Crippen molar-refractivity contribution in [2.45, 2.75) is 32.7 Å². The average molecular weight is 294 g/mol. The van der Waals surface area contributed by atoms with Gasteiger partial charge in [0.05, 0.1) is 5.69 Å². The Balaban J connectivity index is 2.08. The van der Waals surface area contributed by atoms with E-state index in [1.807, 2.05) is 0 Å². The summed E-state index contributed by atoms with van der Waals surface area (Å²) in [5.74, 6) is -0.912. The third kappa shape index (κ3) is 2.36. The molecule has 2 aromatic rings. The molecule has 1 unspecified atom stereocenters. The van der Waals surface area contributed by atoms with E-state index in [0.29, 0.717) is 5.01 Å².